The number of nitrogens with one attached hydrogen (secondary N) is 1. The second kappa shape index (κ2) is 5.52. The van der Waals surface area contributed by atoms with Crippen molar-refractivity contribution in [2.24, 2.45) is 0 Å². The molecule has 0 saturated heterocycles. The van der Waals surface area contributed by atoms with Crippen LogP contribution >= 0.6 is 0 Å². The van der Waals surface area contributed by atoms with E-state index < -0.39 is 17.7 Å². The number of rotatable bonds is 1. The van der Waals surface area contributed by atoms with Gasteiger partial charge in [-0.2, -0.15) is 0 Å². The molecule has 0 unspecified atom stereocenters. The zero-order valence-corrected chi connectivity index (χ0v) is 11.3. The summed E-state index contributed by atoms with van der Waals surface area (Å²) < 4.78 is 26.5. The average molecular weight is 288 g/mol. The van der Waals surface area contributed by atoms with Crippen LogP contribution in [0.1, 0.15) is 12.0 Å². The molecule has 3 rings (SSSR count). The zero-order valence-electron chi connectivity index (χ0n) is 11.3. The van der Waals surface area contributed by atoms with Crippen molar-refractivity contribution < 1.29 is 13.6 Å². The summed E-state index contributed by atoms with van der Waals surface area (Å²) in [4.78, 5) is 13.9. The molecule has 1 aliphatic heterocycles. The summed E-state index contributed by atoms with van der Waals surface area (Å²) in [5.41, 5.74) is 1.91. The lowest BCUT2D eigenvalue weighted by molar-refractivity contribution is 0.256. The molecule has 0 fully saturated rings. The number of fused-ring (bicyclic) bond motifs is 1. The fourth-order valence-electron chi connectivity index (χ4n) is 2.52. The van der Waals surface area contributed by atoms with E-state index in [2.05, 4.69) is 5.32 Å². The number of amides is 2. The molecule has 0 saturated carbocycles. The van der Waals surface area contributed by atoms with Gasteiger partial charge in [0, 0.05) is 18.3 Å². The minimum atomic E-state index is -0.784. The Morgan fingerprint density at radius 2 is 1.95 bits per heavy atom. The van der Waals surface area contributed by atoms with Gasteiger partial charge in [-0.15, -0.1) is 0 Å². The van der Waals surface area contributed by atoms with Gasteiger partial charge in [-0.25, -0.2) is 13.6 Å². The predicted octanol–water partition coefficient (Wildman–Crippen LogP) is 3.95. The minimum Gasteiger partial charge on any atom is -0.305 e. The maximum atomic E-state index is 13.6. The third-order valence-corrected chi connectivity index (χ3v) is 3.53. The monoisotopic (exact) mass is 288 g/mol. The summed E-state index contributed by atoms with van der Waals surface area (Å²) in [5.74, 6) is -1.46. The maximum absolute atomic E-state index is 13.6. The van der Waals surface area contributed by atoms with Gasteiger partial charge in [0.05, 0.1) is 5.69 Å². The first-order valence-electron chi connectivity index (χ1n) is 6.76. The van der Waals surface area contributed by atoms with Crippen LogP contribution in [0.2, 0.25) is 0 Å². The third-order valence-electron chi connectivity index (χ3n) is 3.53. The summed E-state index contributed by atoms with van der Waals surface area (Å²) in [6, 6.07) is 10.3. The number of para-hydroxylation sites is 1. The SMILES string of the molecule is O=C(Nc1ccc(F)cc1F)N1CCCc2ccccc21. The predicted molar refractivity (Wildman–Crippen MR) is 77.5 cm³/mol. The number of urea groups is 1. The van der Waals surface area contributed by atoms with Gasteiger partial charge in [-0.3, -0.25) is 4.90 Å². The fourth-order valence-corrected chi connectivity index (χ4v) is 2.52. The molecular formula is C16H14F2N2O. The maximum Gasteiger partial charge on any atom is 0.326 e. The van der Waals surface area contributed by atoms with E-state index in [0.717, 1.165) is 36.2 Å². The van der Waals surface area contributed by atoms with Crippen molar-refractivity contribution in [3.05, 3.63) is 59.7 Å². The highest BCUT2D eigenvalue weighted by Crippen LogP contribution is 2.27. The molecule has 1 heterocycles. The molecule has 1 N–H and O–H groups in total. The van der Waals surface area contributed by atoms with Crippen LogP contribution in [0.25, 0.3) is 0 Å². The topological polar surface area (TPSA) is 32.3 Å². The van der Waals surface area contributed by atoms with Gasteiger partial charge in [-0.1, -0.05) is 18.2 Å². The Hall–Kier alpha value is -2.43. The summed E-state index contributed by atoms with van der Waals surface area (Å²) in [5, 5.41) is 2.49. The number of hydrogen-bond donors (Lipinski definition) is 1. The average Bonchev–Trinajstić information content (AvgIpc) is 2.49. The molecule has 1 aliphatic rings. The highest BCUT2D eigenvalue weighted by molar-refractivity contribution is 6.02. The number of carbonyl (C=O) groups is 1. The molecule has 0 bridgehead atoms. The van der Waals surface area contributed by atoms with Crippen molar-refractivity contribution in [1.82, 2.24) is 0 Å². The van der Waals surface area contributed by atoms with E-state index in [0.29, 0.717) is 6.54 Å². The van der Waals surface area contributed by atoms with Crippen molar-refractivity contribution in [2.45, 2.75) is 12.8 Å². The van der Waals surface area contributed by atoms with Gasteiger partial charge in [0.1, 0.15) is 11.6 Å². The van der Waals surface area contributed by atoms with Crippen LogP contribution in [-0.4, -0.2) is 12.6 Å². The molecule has 3 nitrogen and oxygen atoms in total. The van der Waals surface area contributed by atoms with Crippen LogP contribution in [0.15, 0.2) is 42.5 Å². The third kappa shape index (κ3) is 2.72. The van der Waals surface area contributed by atoms with Gasteiger partial charge in [-0.05, 0) is 36.6 Å². The summed E-state index contributed by atoms with van der Waals surface area (Å²) in [6.07, 6.45) is 1.78. The lowest BCUT2D eigenvalue weighted by atomic mass is 10.0. The number of carbonyl (C=O) groups excluding carboxylic acids is 1. The van der Waals surface area contributed by atoms with E-state index in [9.17, 15) is 13.6 Å². The quantitative estimate of drug-likeness (QED) is 0.846. The molecular weight excluding hydrogens is 274 g/mol. The highest BCUT2D eigenvalue weighted by Gasteiger charge is 2.22. The van der Waals surface area contributed by atoms with E-state index in [1.807, 2.05) is 24.3 Å². The molecule has 21 heavy (non-hydrogen) atoms. The Bertz CT molecular complexity index is 688. The number of nitrogens with zero attached hydrogens (tertiary/aromatic N) is 1. The van der Waals surface area contributed by atoms with E-state index in [1.165, 1.54) is 6.07 Å². The van der Waals surface area contributed by atoms with Gasteiger partial charge in [0.15, 0.2) is 0 Å². The normalized spacial score (nSPS) is 13.7. The number of benzene rings is 2. The Balaban J connectivity index is 1.83. The minimum absolute atomic E-state index is 0.0237. The summed E-state index contributed by atoms with van der Waals surface area (Å²) >= 11 is 0. The smallest absolute Gasteiger partial charge is 0.305 e. The molecule has 0 atom stereocenters. The van der Waals surface area contributed by atoms with Crippen molar-refractivity contribution >= 4 is 17.4 Å². The first kappa shape index (κ1) is 13.5. The molecule has 0 aliphatic carbocycles. The first-order valence-corrected chi connectivity index (χ1v) is 6.76. The Morgan fingerprint density at radius 3 is 2.76 bits per heavy atom. The van der Waals surface area contributed by atoms with Crippen molar-refractivity contribution in [3.63, 3.8) is 0 Å². The van der Waals surface area contributed by atoms with E-state index in [1.54, 1.807) is 4.90 Å². The fraction of sp³-hybridized carbons (Fsp3) is 0.188. The largest absolute Gasteiger partial charge is 0.326 e. The zero-order chi connectivity index (χ0) is 14.8. The van der Waals surface area contributed by atoms with Crippen molar-refractivity contribution in [3.8, 4) is 0 Å². The van der Waals surface area contributed by atoms with Crippen LogP contribution < -0.4 is 10.2 Å². The molecule has 0 radical (unpaired) electrons. The van der Waals surface area contributed by atoms with E-state index in [4.69, 9.17) is 0 Å². The van der Waals surface area contributed by atoms with Crippen molar-refractivity contribution in [2.75, 3.05) is 16.8 Å². The summed E-state index contributed by atoms with van der Waals surface area (Å²) in [7, 11) is 0. The van der Waals surface area contributed by atoms with Crippen molar-refractivity contribution in [1.29, 1.82) is 0 Å². The summed E-state index contributed by atoms with van der Waals surface area (Å²) in [6.45, 7) is 0.575. The van der Waals surface area contributed by atoms with E-state index >= 15 is 0 Å². The molecule has 108 valence electrons. The van der Waals surface area contributed by atoms with Crippen LogP contribution in [0.4, 0.5) is 25.0 Å². The molecule has 2 aromatic carbocycles. The second-order valence-corrected chi connectivity index (χ2v) is 4.94. The lowest BCUT2D eigenvalue weighted by Gasteiger charge is -2.29. The lowest BCUT2D eigenvalue weighted by Crippen LogP contribution is -2.38. The molecule has 2 aromatic rings. The number of anilines is 2. The highest BCUT2D eigenvalue weighted by atomic mass is 19.1. The second-order valence-electron chi connectivity index (χ2n) is 4.94. The van der Waals surface area contributed by atoms with E-state index in [-0.39, 0.29) is 5.69 Å². The van der Waals surface area contributed by atoms with Crippen LogP contribution in [0, 0.1) is 11.6 Å². The number of halogens is 2. The van der Waals surface area contributed by atoms with Crippen LogP contribution in [0.5, 0.6) is 0 Å². The molecule has 5 heteroatoms. The number of aryl methyl sites for hydroxylation is 1. The Kier molecular flexibility index (Phi) is 3.56. The standard InChI is InChI=1S/C16H14F2N2O/c17-12-7-8-14(13(18)10-12)19-16(21)20-9-3-5-11-4-1-2-6-15(11)20/h1-2,4,6-8,10H,3,5,9H2,(H,19,21). The first-order chi connectivity index (χ1) is 10.1. The van der Waals surface area contributed by atoms with Gasteiger partial charge < -0.3 is 5.32 Å². The van der Waals surface area contributed by atoms with Crippen LogP contribution in [-0.2, 0) is 6.42 Å². The van der Waals surface area contributed by atoms with Crippen LogP contribution in [0.3, 0.4) is 0 Å². The number of hydrogen-bond acceptors (Lipinski definition) is 1. The molecule has 0 spiro atoms. The molecule has 2 amide bonds. The van der Waals surface area contributed by atoms with Gasteiger partial charge >= 0.3 is 6.03 Å². The molecule has 0 aromatic heterocycles. The Labute approximate surface area is 121 Å². The van der Waals surface area contributed by atoms with Gasteiger partial charge in [0.25, 0.3) is 0 Å². The van der Waals surface area contributed by atoms with Gasteiger partial charge in [0.2, 0.25) is 0 Å². The Morgan fingerprint density at radius 1 is 1.14 bits per heavy atom.